The zero-order valence-corrected chi connectivity index (χ0v) is 10.9. The van der Waals surface area contributed by atoms with E-state index in [0.717, 1.165) is 18.9 Å². The normalized spacial score (nSPS) is 27.0. The van der Waals surface area contributed by atoms with Crippen LogP contribution in [0, 0.1) is 11.8 Å². The number of carbonyl (C=O) groups is 1. The zero-order chi connectivity index (χ0) is 13.1. The largest absolute Gasteiger partial charge is 0.294 e. The molecule has 0 N–H and O–H groups in total. The number of halogens is 2. The van der Waals surface area contributed by atoms with E-state index in [1.54, 1.807) is 0 Å². The van der Waals surface area contributed by atoms with E-state index in [9.17, 15) is 13.6 Å². The molecule has 0 saturated heterocycles. The maximum Gasteiger partial charge on any atom is 0.248 e. The van der Waals surface area contributed by atoms with Crippen LogP contribution in [0.25, 0.3) is 0 Å². The molecule has 0 aromatic carbocycles. The summed E-state index contributed by atoms with van der Waals surface area (Å²) in [6.45, 7) is 4.81. The lowest BCUT2D eigenvalue weighted by molar-refractivity contribution is -0.122. The number of allylic oxidation sites excluding steroid dienone is 2. The molecule has 1 saturated carbocycles. The number of hydrogen-bond donors (Lipinski definition) is 0. The van der Waals surface area contributed by atoms with Crippen LogP contribution in [0.3, 0.4) is 0 Å². The highest BCUT2D eigenvalue weighted by Crippen LogP contribution is 2.39. The Morgan fingerprint density at radius 1 is 1.29 bits per heavy atom. The SMILES string of the molecule is CC/C=C(/C)C(=O)C1CCC(C(C)(F)F)CC1. The number of hydrogen-bond acceptors (Lipinski definition) is 1. The van der Waals surface area contributed by atoms with Crippen molar-refractivity contribution in [1.82, 2.24) is 0 Å². The summed E-state index contributed by atoms with van der Waals surface area (Å²) in [6, 6.07) is 0. The molecule has 0 radical (unpaired) electrons. The van der Waals surface area contributed by atoms with Gasteiger partial charge in [-0.25, -0.2) is 8.78 Å². The van der Waals surface area contributed by atoms with Gasteiger partial charge in [0.1, 0.15) is 0 Å². The fraction of sp³-hybridized carbons (Fsp3) is 0.786. The lowest BCUT2D eigenvalue weighted by atomic mass is 9.76. The highest BCUT2D eigenvalue weighted by molar-refractivity contribution is 5.96. The molecule has 1 nitrogen and oxygen atoms in total. The summed E-state index contributed by atoms with van der Waals surface area (Å²) in [6.07, 6.45) is 4.94. The molecule has 0 aromatic rings. The molecule has 17 heavy (non-hydrogen) atoms. The molecule has 0 bridgehead atoms. The van der Waals surface area contributed by atoms with Gasteiger partial charge in [0, 0.05) is 11.8 Å². The summed E-state index contributed by atoms with van der Waals surface area (Å²) in [5.74, 6) is -3.01. The van der Waals surface area contributed by atoms with Crippen molar-refractivity contribution >= 4 is 5.78 Å². The van der Waals surface area contributed by atoms with Crippen molar-refractivity contribution in [3.63, 3.8) is 0 Å². The molecule has 98 valence electrons. The van der Waals surface area contributed by atoms with Crippen LogP contribution in [0.1, 0.15) is 52.9 Å². The van der Waals surface area contributed by atoms with Crippen molar-refractivity contribution in [2.75, 3.05) is 0 Å². The van der Waals surface area contributed by atoms with Crippen LogP contribution in [-0.4, -0.2) is 11.7 Å². The molecule has 1 aliphatic rings. The Morgan fingerprint density at radius 3 is 2.24 bits per heavy atom. The van der Waals surface area contributed by atoms with E-state index < -0.39 is 11.8 Å². The van der Waals surface area contributed by atoms with E-state index >= 15 is 0 Å². The van der Waals surface area contributed by atoms with Gasteiger partial charge in [-0.15, -0.1) is 0 Å². The number of carbonyl (C=O) groups excluding carboxylic acids is 1. The van der Waals surface area contributed by atoms with Crippen LogP contribution in [0.2, 0.25) is 0 Å². The van der Waals surface area contributed by atoms with Gasteiger partial charge < -0.3 is 0 Å². The average molecular weight is 244 g/mol. The molecule has 0 spiro atoms. The van der Waals surface area contributed by atoms with Crippen LogP contribution in [0.4, 0.5) is 8.78 Å². The monoisotopic (exact) mass is 244 g/mol. The van der Waals surface area contributed by atoms with E-state index in [-0.39, 0.29) is 11.7 Å². The Morgan fingerprint density at radius 2 is 1.82 bits per heavy atom. The molecule has 0 heterocycles. The van der Waals surface area contributed by atoms with Gasteiger partial charge in [0.25, 0.3) is 0 Å². The summed E-state index contributed by atoms with van der Waals surface area (Å²) in [7, 11) is 0. The van der Waals surface area contributed by atoms with E-state index in [4.69, 9.17) is 0 Å². The van der Waals surface area contributed by atoms with Gasteiger partial charge >= 0.3 is 0 Å². The highest BCUT2D eigenvalue weighted by atomic mass is 19.3. The number of ketones is 1. The third kappa shape index (κ3) is 3.90. The molecule has 1 aliphatic carbocycles. The zero-order valence-electron chi connectivity index (χ0n) is 10.9. The molecule has 0 atom stereocenters. The smallest absolute Gasteiger partial charge is 0.248 e. The van der Waals surface area contributed by atoms with Gasteiger partial charge in [-0.3, -0.25) is 4.79 Å². The van der Waals surface area contributed by atoms with Crippen molar-refractivity contribution in [1.29, 1.82) is 0 Å². The first kappa shape index (κ1) is 14.3. The molecule has 0 aromatic heterocycles. The number of rotatable bonds is 4. The van der Waals surface area contributed by atoms with Crippen LogP contribution in [-0.2, 0) is 4.79 Å². The van der Waals surface area contributed by atoms with Crippen molar-refractivity contribution in [3.05, 3.63) is 11.6 Å². The lowest BCUT2D eigenvalue weighted by Crippen LogP contribution is -2.31. The van der Waals surface area contributed by atoms with Gasteiger partial charge in [-0.1, -0.05) is 13.0 Å². The Balaban J connectivity index is 2.53. The molecule has 0 aliphatic heterocycles. The summed E-state index contributed by atoms with van der Waals surface area (Å²) < 4.78 is 26.2. The summed E-state index contributed by atoms with van der Waals surface area (Å²) in [5.41, 5.74) is 0.791. The minimum absolute atomic E-state index is 0.0311. The topological polar surface area (TPSA) is 17.1 Å². The van der Waals surface area contributed by atoms with Crippen LogP contribution in [0.5, 0.6) is 0 Å². The number of Topliss-reactive ketones (excluding diaryl/α,β-unsaturated/α-hetero) is 1. The van der Waals surface area contributed by atoms with E-state index in [2.05, 4.69) is 0 Å². The van der Waals surface area contributed by atoms with Crippen molar-refractivity contribution in [3.8, 4) is 0 Å². The second kappa shape index (κ2) is 5.74. The Kier molecular flexibility index (Phi) is 4.84. The summed E-state index contributed by atoms with van der Waals surface area (Å²) in [5, 5.41) is 0. The van der Waals surface area contributed by atoms with Gasteiger partial charge in [0.15, 0.2) is 5.78 Å². The van der Waals surface area contributed by atoms with E-state index in [0.29, 0.717) is 25.7 Å². The third-order valence-electron chi connectivity index (χ3n) is 3.71. The molecular formula is C14H22F2O. The van der Waals surface area contributed by atoms with Crippen molar-refractivity contribution < 1.29 is 13.6 Å². The maximum absolute atomic E-state index is 13.1. The van der Waals surface area contributed by atoms with Gasteiger partial charge in [-0.2, -0.15) is 0 Å². The minimum Gasteiger partial charge on any atom is -0.294 e. The van der Waals surface area contributed by atoms with Gasteiger partial charge in [0.05, 0.1) is 0 Å². The standard InChI is InChI=1S/C14H22F2O/c1-4-5-10(2)13(17)11-6-8-12(9-7-11)14(3,15)16/h5,11-12H,4,6-9H2,1-3H3/b10-5-. The fourth-order valence-corrected chi connectivity index (χ4v) is 2.59. The predicted octanol–water partition coefficient (Wildman–Crippen LogP) is 4.37. The van der Waals surface area contributed by atoms with Crippen LogP contribution < -0.4 is 0 Å². The fourth-order valence-electron chi connectivity index (χ4n) is 2.59. The Hall–Kier alpha value is -0.730. The van der Waals surface area contributed by atoms with Gasteiger partial charge in [-0.05, 0) is 51.5 Å². The minimum atomic E-state index is -2.59. The molecule has 1 rings (SSSR count). The molecule has 0 unspecified atom stereocenters. The van der Waals surface area contributed by atoms with Crippen molar-refractivity contribution in [2.45, 2.75) is 58.8 Å². The van der Waals surface area contributed by atoms with E-state index in [1.807, 2.05) is 19.9 Å². The van der Waals surface area contributed by atoms with Crippen LogP contribution in [0.15, 0.2) is 11.6 Å². The van der Waals surface area contributed by atoms with Crippen LogP contribution >= 0.6 is 0 Å². The number of alkyl halides is 2. The third-order valence-corrected chi connectivity index (χ3v) is 3.71. The molecule has 3 heteroatoms. The second-order valence-corrected chi connectivity index (χ2v) is 5.16. The average Bonchev–Trinajstić information content (AvgIpc) is 2.27. The first-order valence-corrected chi connectivity index (χ1v) is 6.45. The maximum atomic E-state index is 13.1. The first-order chi connectivity index (χ1) is 7.86. The van der Waals surface area contributed by atoms with Crippen molar-refractivity contribution in [2.24, 2.45) is 11.8 Å². The lowest BCUT2D eigenvalue weighted by Gasteiger charge is -2.31. The molecule has 1 fully saturated rings. The van der Waals surface area contributed by atoms with E-state index in [1.165, 1.54) is 0 Å². The molecule has 0 amide bonds. The molecular weight excluding hydrogens is 222 g/mol. The Labute approximate surface area is 102 Å². The predicted molar refractivity (Wildman–Crippen MR) is 65.1 cm³/mol. The second-order valence-electron chi connectivity index (χ2n) is 5.16. The quantitative estimate of drug-likeness (QED) is 0.671. The highest BCUT2D eigenvalue weighted by Gasteiger charge is 2.38. The van der Waals surface area contributed by atoms with Gasteiger partial charge in [0.2, 0.25) is 5.92 Å². The summed E-state index contributed by atoms with van der Waals surface area (Å²) in [4.78, 5) is 12.0. The Bertz CT molecular complexity index is 294. The summed E-state index contributed by atoms with van der Waals surface area (Å²) >= 11 is 0. The first-order valence-electron chi connectivity index (χ1n) is 6.45.